The Bertz CT molecular complexity index is 2530. The molecular weight excluding hydrogens is 569 g/mol. The third-order valence-electron chi connectivity index (χ3n) is 8.38. The third-order valence-corrected chi connectivity index (χ3v) is 9.57. The molecule has 45 heavy (non-hydrogen) atoms. The summed E-state index contributed by atoms with van der Waals surface area (Å²) in [6.45, 7) is 0. The van der Waals surface area contributed by atoms with Gasteiger partial charge in [0, 0.05) is 33.0 Å². The Hall–Kier alpha value is -5.78. The van der Waals surface area contributed by atoms with Gasteiger partial charge in [-0.15, -0.1) is 11.3 Å². The van der Waals surface area contributed by atoms with E-state index in [0.29, 0.717) is 17.5 Å². The molecule has 210 valence electrons. The lowest BCUT2D eigenvalue weighted by atomic mass is 9.97. The number of fused-ring (bicyclic) bond motifs is 6. The van der Waals surface area contributed by atoms with Gasteiger partial charge in [-0.25, -0.2) is 15.0 Å². The molecule has 0 spiro atoms. The van der Waals surface area contributed by atoms with Crippen LogP contribution in [0.3, 0.4) is 0 Å². The lowest BCUT2D eigenvalue weighted by Gasteiger charge is -2.10. The van der Waals surface area contributed by atoms with Gasteiger partial charge in [-0.05, 0) is 50.9 Å². The number of rotatable bonds is 4. The highest BCUT2D eigenvalue weighted by molar-refractivity contribution is 7.26. The van der Waals surface area contributed by atoms with Gasteiger partial charge in [0.15, 0.2) is 17.5 Å². The smallest absolute Gasteiger partial charge is 0.164 e. The van der Waals surface area contributed by atoms with Crippen LogP contribution in [-0.2, 0) is 0 Å². The third kappa shape index (κ3) is 4.44. The molecule has 9 rings (SSSR count). The molecule has 0 atom stereocenters. The molecule has 0 bridgehead atoms. The Morgan fingerprint density at radius 1 is 0.422 bits per heavy atom. The Morgan fingerprint density at radius 2 is 1.09 bits per heavy atom. The predicted octanol–water partition coefficient (Wildman–Crippen LogP) is 10.6. The molecule has 6 aromatic carbocycles. The van der Waals surface area contributed by atoms with Gasteiger partial charge < -0.3 is 0 Å². The number of hydrogen-bond donors (Lipinski definition) is 0. The maximum absolute atomic E-state index is 5.03. The largest absolute Gasteiger partial charge is 0.255 e. The Balaban J connectivity index is 1.17. The highest BCUT2D eigenvalue weighted by Crippen LogP contribution is 2.38. The number of hydrogen-bond acceptors (Lipinski definition) is 5. The Morgan fingerprint density at radius 3 is 1.93 bits per heavy atom. The summed E-state index contributed by atoms with van der Waals surface area (Å²) < 4.78 is 2.45. The molecule has 3 heterocycles. The van der Waals surface area contributed by atoms with E-state index >= 15 is 0 Å². The number of pyridine rings is 1. The summed E-state index contributed by atoms with van der Waals surface area (Å²) in [6, 6.07) is 48.6. The fourth-order valence-electron chi connectivity index (χ4n) is 6.15. The average Bonchev–Trinajstić information content (AvgIpc) is 3.51. The van der Waals surface area contributed by atoms with Crippen LogP contribution in [0.2, 0.25) is 0 Å². The van der Waals surface area contributed by atoms with E-state index in [1.165, 1.54) is 36.5 Å². The van der Waals surface area contributed by atoms with Gasteiger partial charge in [0.05, 0.1) is 10.2 Å². The van der Waals surface area contributed by atoms with Gasteiger partial charge >= 0.3 is 0 Å². The molecule has 0 aliphatic rings. The summed E-state index contributed by atoms with van der Waals surface area (Å²) in [5.74, 6) is 1.95. The standard InChI is InChI=1S/C40H24N4S/c1-2-9-27(10-3-1)38-42-39(28-17-15-26(16-18-28)32-13-6-11-25-8-4-5-12-31(25)32)44-40(43-38)30-20-21-33-29(24-30)19-22-34-36-35(45-37(33)34)14-7-23-41-36/h1-24H. The van der Waals surface area contributed by atoms with Gasteiger partial charge in [0.2, 0.25) is 0 Å². The highest BCUT2D eigenvalue weighted by atomic mass is 32.1. The molecule has 0 radical (unpaired) electrons. The molecule has 0 saturated carbocycles. The van der Waals surface area contributed by atoms with Crippen LogP contribution in [0.15, 0.2) is 146 Å². The van der Waals surface area contributed by atoms with Gasteiger partial charge in [-0.1, -0.05) is 121 Å². The maximum atomic E-state index is 5.03. The van der Waals surface area contributed by atoms with E-state index in [9.17, 15) is 0 Å². The molecule has 0 saturated heterocycles. The predicted molar refractivity (Wildman–Crippen MR) is 187 cm³/mol. The van der Waals surface area contributed by atoms with Crippen molar-refractivity contribution in [3.05, 3.63) is 146 Å². The molecule has 0 fully saturated rings. The first-order valence-corrected chi connectivity index (χ1v) is 15.7. The van der Waals surface area contributed by atoms with Crippen molar-refractivity contribution in [3.8, 4) is 45.3 Å². The zero-order valence-electron chi connectivity index (χ0n) is 24.1. The Kier molecular flexibility index (Phi) is 5.96. The highest BCUT2D eigenvalue weighted by Gasteiger charge is 2.15. The first-order valence-electron chi connectivity index (χ1n) is 14.9. The van der Waals surface area contributed by atoms with Crippen molar-refractivity contribution in [2.24, 2.45) is 0 Å². The molecule has 5 heteroatoms. The number of nitrogens with zero attached hydrogens (tertiary/aromatic N) is 4. The summed E-state index contributed by atoms with van der Waals surface area (Å²) in [5.41, 5.74) is 6.28. The van der Waals surface area contributed by atoms with Crippen molar-refractivity contribution < 1.29 is 0 Å². The zero-order valence-corrected chi connectivity index (χ0v) is 24.9. The molecule has 0 unspecified atom stereocenters. The van der Waals surface area contributed by atoms with Crippen LogP contribution in [0, 0.1) is 0 Å². The lowest BCUT2D eigenvalue weighted by Crippen LogP contribution is -2.00. The van der Waals surface area contributed by atoms with E-state index in [1.807, 2.05) is 42.6 Å². The van der Waals surface area contributed by atoms with E-state index in [4.69, 9.17) is 15.0 Å². The van der Waals surface area contributed by atoms with Crippen molar-refractivity contribution in [2.45, 2.75) is 0 Å². The topological polar surface area (TPSA) is 51.6 Å². The second-order valence-electron chi connectivity index (χ2n) is 11.1. The van der Waals surface area contributed by atoms with Gasteiger partial charge in [0.25, 0.3) is 0 Å². The summed E-state index contributed by atoms with van der Waals surface area (Å²) in [4.78, 5) is 19.6. The van der Waals surface area contributed by atoms with Crippen molar-refractivity contribution in [3.63, 3.8) is 0 Å². The van der Waals surface area contributed by atoms with Crippen molar-refractivity contribution in [1.82, 2.24) is 19.9 Å². The van der Waals surface area contributed by atoms with Gasteiger partial charge in [-0.3, -0.25) is 4.98 Å². The summed E-state index contributed by atoms with van der Waals surface area (Å²) >= 11 is 1.79. The molecule has 0 N–H and O–H groups in total. The fraction of sp³-hybridized carbons (Fsp3) is 0. The van der Waals surface area contributed by atoms with E-state index in [1.54, 1.807) is 11.3 Å². The van der Waals surface area contributed by atoms with E-state index in [-0.39, 0.29) is 0 Å². The van der Waals surface area contributed by atoms with Crippen molar-refractivity contribution in [2.75, 3.05) is 0 Å². The quantitative estimate of drug-likeness (QED) is 0.204. The molecular formula is C40H24N4S. The van der Waals surface area contributed by atoms with Crippen LogP contribution in [0.5, 0.6) is 0 Å². The van der Waals surface area contributed by atoms with Crippen LogP contribution in [-0.4, -0.2) is 19.9 Å². The summed E-state index contributed by atoms with van der Waals surface area (Å²) in [7, 11) is 0. The van der Waals surface area contributed by atoms with Crippen LogP contribution < -0.4 is 0 Å². The first kappa shape index (κ1) is 25.7. The van der Waals surface area contributed by atoms with E-state index < -0.39 is 0 Å². The second-order valence-corrected chi connectivity index (χ2v) is 12.2. The molecule has 0 amide bonds. The number of benzene rings is 6. The monoisotopic (exact) mass is 592 g/mol. The minimum atomic E-state index is 0.648. The molecule has 9 aromatic rings. The second kappa shape index (κ2) is 10.4. The molecule has 4 nitrogen and oxygen atoms in total. The minimum Gasteiger partial charge on any atom is -0.255 e. The van der Waals surface area contributed by atoms with Gasteiger partial charge in [-0.2, -0.15) is 0 Å². The van der Waals surface area contributed by atoms with Crippen LogP contribution in [0.25, 0.3) is 87.1 Å². The number of thiophene rings is 1. The van der Waals surface area contributed by atoms with Crippen molar-refractivity contribution in [1.29, 1.82) is 0 Å². The van der Waals surface area contributed by atoms with E-state index in [2.05, 4.69) is 108 Å². The summed E-state index contributed by atoms with van der Waals surface area (Å²) in [6.07, 6.45) is 1.86. The first-order chi connectivity index (χ1) is 22.3. The molecule has 0 aliphatic heterocycles. The van der Waals surface area contributed by atoms with Crippen LogP contribution in [0.4, 0.5) is 0 Å². The average molecular weight is 593 g/mol. The normalized spacial score (nSPS) is 11.6. The summed E-state index contributed by atoms with van der Waals surface area (Å²) in [5, 5.41) is 6.02. The maximum Gasteiger partial charge on any atom is 0.164 e. The molecule has 0 aliphatic carbocycles. The minimum absolute atomic E-state index is 0.648. The molecule has 3 aromatic heterocycles. The Labute approximate surface area is 263 Å². The SMILES string of the molecule is c1ccc(-c2nc(-c3ccc(-c4cccc5ccccc45)cc3)nc(-c3ccc4c(ccc5c6ncccc6sc45)c3)n2)cc1. The van der Waals surface area contributed by atoms with Gasteiger partial charge in [0.1, 0.15) is 0 Å². The van der Waals surface area contributed by atoms with Crippen molar-refractivity contribution >= 4 is 53.2 Å². The fourth-order valence-corrected chi connectivity index (χ4v) is 7.34. The zero-order chi connectivity index (χ0) is 29.7. The van der Waals surface area contributed by atoms with Crippen LogP contribution >= 0.6 is 11.3 Å². The lowest BCUT2D eigenvalue weighted by molar-refractivity contribution is 1.07. The number of aromatic nitrogens is 4. The van der Waals surface area contributed by atoms with Crippen LogP contribution in [0.1, 0.15) is 0 Å². The van der Waals surface area contributed by atoms with E-state index in [0.717, 1.165) is 33.2 Å².